The average Bonchev–Trinajstić information content (AvgIpc) is 2.97. The van der Waals surface area contributed by atoms with E-state index in [9.17, 15) is 0 Å². The first-order valence-corrected chi connectivity index (χ1v) is 6.43. The van der Waals surface area contributed by atoms with Crippen LogP contribution in [0.15, 0.2) is 35.0 Å². The highest BCUT2D eigenvalue weighted by Crippen LogP contribution is 2.34. The summed E-state index contributed by atoms with van der Waals surface area (Å²) in [5.41, 5.74) is 8.13. The quantitative estimate of drug-likeness (QED) is 0.907. The monoisotopic (exact) mass is 247 g/mol. The summed E-state index contributed by atoms with van der Waals surface area (Å²) >= 11 is 1.67. The van der Waals surface area contributed by atoms with Crippen molar-refractivity contribution in [2.45, 2.75) is 12.6 Å². The fourth-order valence-electron chi connectivity index (χ4n) is 1.85. The van der Waals surface area contributed by atoms with Gasteiger partial charge in [-0.1, -0.05) is 0 Å². The Bertz CT molecular complexity index is 510. The van der Waals surface area contributed by atoms with Crippen molar-refractivity contribution < 1.29 is 9.47 Å². The highest BCUT2D eigenvalue weighted by Gasteiger charge is 2.20. The van der Waals surface area contributed by atoms with Crippen LogP contribution >= 0.6 is 11.3 Å². The summed E-state index contributed by atoms with van der Waals surface area (Å²) in [4.78, 5) is 0. The summed E-state index contributed by atoms with van der Waals surface area (Å²) in [6, 6.07) is 7.89. The van der Waals surface area contributed by atoms with E-state index in [0.717, 1.165) is 17.1 Å². The normalized spacial score (nSPS) is 17.6. The summed E-state index contributed by atoms with van der Waals surface area (Å²) in [6.07, 6.45) is 0. The van der Waals surface area contributed by atoms with Crippen molar-refractivity contribution >= 4 is 11.3 Å². The van der Waals surface area contributed by atoms with E-state index in [0.29, 0.717) is 13.2 Å². The molecule has 88 valence electrons. The molecule has 3 nitrogen and oxygen atoms in total. The van der Waals surface area contributed by atoms with Gasteiger partial charge in [-0.05, 0) is 34.5 Å². The summed E-state index contributed by atoms with van der Waals surface area (Å²) in [5.74, 6) is 1.67. The SMILES string of the molecule is NC1COc2cc(OCc3ccsc3)ccc21. The van der Waals surface area contributed by atoms with Crippen LogP contribution in [-0.4, -0.2) is 6.61 Å². The number of hydrogen-bond acceptors (Lipinski definition) is 4. The van der Waals surface area contributed by atoms with E-state index in [2.05, 4.69) is 11.4 Å². The molecule has 0 fully saturated rings. The Kier molecular flexibility index (Phi) is 2.74. The van der Waals surface area contributed by atoms with E-state index in [1.165, 1.54) is 5.56 Å². The lowest BCUT2D eigenvalue weighted by molar-refractivity contribution is 0.301. The van der Waals surface area contributed by atoms with Crippen molar-refractivity contribution in [3.8, 4) is 11.5 Å². The minimum Gasteiger partial charge on any atom is -0.491 e. The van der Waals surface area contributed by atoms with Gasteiger partial charge in [0, 0.05) is 11.6 Å². The topological polar surface area (TPSA) is 44.5 Å². The van der Waals surface area contributed by atoms with Gasteiger partial charge in [-0.25, -0.2) is 0 Å². The first-order chi connectivity index (χ1) is 8.33. The molecule has 3 rings (SSSR count). The average molecular weight is 247 g/mol. The Hall–Kier alpha value is -1.52. The van der Waals surface area contributed by atoms with Crippen LogP contribution in [0.4, 0.5) is 0 Å². The first kappa shape index (κ1) is 10.6. The molecular weight excluding hydrogens is 234 g/mol. The predicted molar refractivity (Wildman–Crippen MR) is 67.5 cm³/mol. The Morgan fingerprint density at radius 1 is 1.41 bits per heavy atom. The summed E-state index contributed by atoms with van der Waals surface area (Å²) in [7, 11) is 0. The molecule has 4 heteroatoms. The minimum absolute atomic E-state index is 0.00377. The Morgan fingerprint density at radius 3 is 3.18 bits per heavy atom. The predicted octanol–water partition coefficient (Wildman–Crippen LogP) is 2.72. The van der Waals surface area contributed by atoms with Crippen molar-refractivity contribution in [2.24, 2.45) is 5.73 Å². The molecule has 2 aromatic rings. The van der Waals surface area contributed by atoms with E-state index in [1.54, 1.807) is 11.3 Å². The molecule has 2 heterocycles. The second-order valence-corrected chi connectivity index (χ2v) is 4.82. The minimum atomic E-state index is -0.00377. The van der Waals surface area contributed by atoms with Gasteiger partial charge in [0.1, 0.15) is 24.7 Å². The lowest BCUT2D eigenvalue weighted by Crippen LogP contribution is -2.10. The van der Waals surface area contributed by atoms with Gasteiger partial charge in [0.05, 0.1) is 6.04 Å². The van der Waals surface area contributed by atoms with Gasteiger partial charge >= 0.3 is 0 Å². The fraction of sp³-hybridized carbons (Fsp3) is 0.231. The molecule has 0 bridgehead atoms. The Labute approximate surface area is 104 Å². The zero-order valence-corrected chi connectivity index (χ0v) is 10.1. The number of ether oxygens (including phenoxy) is 2. The molecule has 0 amide bonds. The summed E-state index contributed by atoms with van der Waals surface area (Å²) < 4.78 is 11.2. The number of nitrogens with two attached hydrogens (primary N) is 1. The standard InChI is InChI=1S/C13H13NO2S/c14-12-7-16-13-5-10(1-2-11(12)13)15-6-9-3-4-17-8-9/h1-5,8,12H,6-7,14H2. The smallest absolute Gasteiger partial charge is 0.127 e. The molecule has 1 aromatic carbocycles. The molecule has 0 spiro atoms. The third kappa shape index (κ3) is 2.14. The third-order valence-corrected chi connectivity index (χ3v) is 3.52. The summed E-state index contributed by atoms with van der Waals surface area (Å²) in [5, 5.41) is 4.13. The zero-order valence-electron chi connectivity index (χ0n) is 9.26. The van der Waals surface area contributed by atoms with Gasteiger partial charge in [-0.3, -0.25) is 0 Å². The number of fused-ring (bicyclic) bond motifs is 1. The van der Waals surface area contributed by atoms with Crippen LogP contribution in [0.5, 0.6) is 11.5 Å². The maximum atomic E-state index is 5.88. The second kappa shape index (κ2) is 4.39. The molecule has 0 radical (unpaired) electrons. The highest BCUT2D eigenvalue weighted by molar-refractivity contribution is 7.07. The largest absolute Gasteiger partial charge is 0.491 e. The Balaban J connectivity index is 1.72. The lowest BCUT2D eigenvalue weighted by atomic mass is 10.1. The van der Waals surface area contributed by atoms with Crippen LogP contribution in [0, 0.1) is 0 Å². The van der Waals surface area contributed by atoms with Crippen LogP contribution in [0.1, 0.15) is 17.2 Å². The van der Waals surface area contributed by atoms with Crippen LogP contribution in [0.3, 0.4) is 0 Å². The van der Waals surface area contributed by atoms with Gasteiger partial charge in [-0.15, -0.1) is 0 Å². The van der Waals surface area contributed by atoms with E-state index < -0.39 is 0 Å². The number of rotatable bonds is 3. The van der Waals surface area contributed by atoms with Gasteiger partial charge in [-0.2, -0.15) is 11.3 Å². The van der Waals surface area contributed by atoms with Gasteiger partial charge in [0.2, 0.25) is 0 Å². The van der Waals surface area contributed by atoms with E-state index in [1.807, 2.05) is 23.6 Å². The lowest BCUT2D eigenvalue weighted by Gasteiger charge is -2.07. The summed E-state index contributed by atoms with van der Waals surface area (Å²) in [6.45, 7) is 1.15. The Morgan fingerprint density at radius 2 is 2.35 bits per heavy atom. The van der Waals surface area contributed by atoms with Crippen LogP contribution < -0.4 is 15.2 Å². The molecule has 0 saturated heterocycles. The van der Waals surface area contributed by atoms with Gasteiger partial charge in [0.25, 0.3) is 0 Å². The van der Waals surface area contributed by atoms with Crippen LogP contribution in [0.25, 0.3) is 0 Å². The maximum absolute atomic E-state index is 5.88. The number of hydrogen-bond donors (Lipinski definition) is 1. The molecule has 1 aliphatic heterocycles. The maximum Gasteiger partial charge on any atom is 0.127 e. The fourth-order valence-corrected chi connectivity index (χ4v) is 2.50. The van der Waals surface area contributed by atoms with Crippen molar-refractivity contribution in [1.29, 1.82) is 0 Å². The van der Waals surface area contributed by atoms with Crippen molar-refractivity contribution in [3.05, 3.63) is 46.2 Å². The molecule has 0 aliphatic carbocycles. The van der Waals surface area contributed by atoms with E-state index >= 15 is 0 Å². The van der Waals surface area contributed by atoms with Gasteiger partial charge in [0.15, 0.2) is 0 Å². The van der Waals surface area contributed by atoms with Crippen LogP contribution in [0.2, 0.25) is 0 Å². The second-order valence-electron chi connectivity index (χ2n) is 4.04. The molecule has 2 N–H and O–H groups in total. The van der Waals surface area contributed by atoms with E-state index in [4.69, 9.17) is 15.2 Å². The van der Waals surface area contributed by atoms with Crippen molar-refractivity contribution in [3.63, 3.8) is 0 Å². The molecule has 1 aromatic heterocycles. The van der Waals surface area contributed by atoms with Crippen molar-refractivity contribution in [1.82, 2.24) is 0 Å². The molecule has 1 atom stereocenters. The van der Waals surface area contributed by atoms with Crippen LogP contribution in [-0.2, 0) is 6.61 Å². The number of benzene rings is 1. The van der Waals surface area contributed by atoms with E-state index in [-0.39, 0.29) is 6.04 Å². The molecule has 1 aliphatic rings. The third-order valence-electron chi connectivity index (χ3n) is 2.79. The number of thiophene rings is 1. The molecule has 17 heavy (non-hydrogen) atoms. The van der Waals surface area contributed by atoms with Gasteiger partial charge < -0.3 is 15.2 Å². The highest BCUT2D eigenvalue weighted by atomic mass is 32.1. The zero-order chi connectivity index (χ0) is 11.7. The molecular formula is C13H13NO2S. The first-order valence-electron chi connectivity index (χ1n) is 5.49. The van der Waals surface area contributed by atoms with Crippen molar-refractivity contribution in [2.75, 3.05) is 6.61 Å². The molecule has 1 unspecified atom stereocenters. The molecule has 0 saturated carbocycles.